The maximum atomic E-state index is 12.2. The summed E-state index contributed by atoms with van der Waals surface area (Å²) in [6.45, 7) is 2.75. The van der Waals surface area contributed by atoms with Crippen molar-refractivity contribution in [1.29, 1.82) is 0 Å². The number of ether oxygens (including phenoxy) is 1. The van der Waals surface area contributed by atoms with E-state index in [1.807, 2.05) is 12.3 Å². The van der Waals surface area contributed by atoms with E-state index in [2.05, 4.69) is 15.0 Å². The van der Waals surface area contributed by atoms with Crippen molar-refractivity contribution >= 4 is 11.8 Å². The molecule has 2 aromatic heterocycles. The Morgan fingerprint density at radius 1 is 1.24 bits per heavy atom. The van der Waals surface area contributed by atoms with Crippen molar-refractivity contribution in [3.8, 4) is 0 Å². The molecule has 2 aromatic rings. The van der Waals surface area contributed by atoms with Gasteiger partial charge >= 0.3 is 5.97 Å². The van der Waals surface area contributed by atoms with Gasteiger partial charge in [-0.15, -0.1) is 0 Å². The van der Waals surface area contributed by atoms with Crippen molar-refractivity contribution in [2.24, 2.45) is 0 Å². The Hall–Kier alpha value is -2.37. The first-order valence-corrected chi connectivity index (χ1v) is 7.19. The number of pyridine rings is 1. The van der Waals surface area contributed by atoms with Crippen LogP contribution in [0.1, 0.15) is 23.2 Å². The fourth-order valence-corrected chi connectivity index (χ4v) is 2.48. The average molecular weight is 286 g/mol. The van der Waals surface area contributed by atoms with Crippen molar-refractivity contribution in [2.45, 2.75) is 19.4 Å². The summed E-state index contributed by atoms with van der Waals surface area (Å²) in [4.78, 5) is 18.7. The summed E-state index contributed by atoms with van der Waals surface area (Å²) >= 11 is 0. The van der Waals surface area contributed by atoms with Crippen LogP contribution in [0.4, 0.5) is 5.82 Å². The van der Waals surface area contributed by atoms with Crippen LogP contribution >= 0.6 is 0 Å². The molecule has 0 bridgehead atoms. The van der Waals surface area contributed by atoms with Crippen molar-refractivity contribution in [2.75, 3.05) is 24.6 Å². The topological polar surface area (TPSA) is 60.3 Å². The van der Waals surface area contributed by atoms with Crippen LogP contribution < -0.4 is 4.90 Å². The molecule has 1 saturated heterocycles. The summed E-state index contributed by atoms with van der Waals surface area (Å²) in [6.07, 6.45) is 7.55. The molecule has 3 rings (SSSR count). The Kier molecular flexibility index (Phi) is 4.14. The third-order valence-electron chi connectivity index (χ3n) is 3.52. The van der Waals surface area contributed by atoms with Gasteiger partial charge in [-0.05, 0) is 31.0 Å². The summed E-state index contributed by atoms with van der Waals surface area (Å²) in [7, 11) is 0. The van der Waals surface area contributed by atoms with E-state index in [4.69, 9.17) is 4.74 Å². The second-order valence-electron chi connectivity index (χ2n) is 4.97. The van der Waals surface area contributed by atoms with Crippen molar-refractivity contribution in [3.05, 3.63) is 42.4 Å². The van der Waals surface area contributed by atoms with E-state index < -0.39 is 0 Å². The quantitative estimate of drug-likeness (QED) is 0.783. The van der Waals surface area contributed by atoms with E-state index in [0.29, 0.717) is 18.7 Å². The minimum absolute atomic E-state index is 0.300. The highest BCUT2D eigenvalue weighted by Gasteiger charge is 2.21. The lowest BCUT2D eigenvalue weighted by Crippen LogP contribution is -2.23. The second kappa shape index (κ2) is 6.39. The number of carbonyl (C=O) groups excluding carboxylic acids is 1. The Balaban J connectivity index is 1.63. The van der Waals surface area contributed by atoms with Crippen LogP contribution in [-0.2, 0) is 11.3 Å². The lowest BCUT2D eigenvalue weighted by Gasteiger charge is -2.18. The lowest BCUT2D eigenvalue weighted by atomic mass is 10.2. The SMILES string of the molecule is O=C(OCCn1cccn1)c1cccnc1N1CCCC1. The summed E-state index contributed by atoms with van der Waals surface area (Å²) in [5.74, 6) is 0.413. The number of rotatable bonds is 5. The number of nitrogens with zero attached hydrogens (tertiary/aromatic N) is 4. The van der Waals surface area contributed by atoms with Crippen molar-refractivity contribution in [1.82, 2.24) is 14.8 Å². The number of esters is 1. The Morgan fingerprint density at radius 2 is 2.10 bits per heavy atom. The summed E-state index contributed by atoms with van der Waals surface area (Å²) in [5, 5.41) is 4.07. The molecule has 0 N–H and O–H groups in total. The first-order chi connectivity index (χ1) is 10.3. The lowest BCUT2D eigenvalue weighted by molar-refractivity contribution is 0.0488. The van der Waals surface area contributed by atoms with Gasteiger partial charge in [0.05, 0.1) is 6.54 Å². The highest BCUT2D eigenvalue weighted by atomic mass is 16.5. The molecule has 0 unspecified atom stereocenters. The minimum Gasteiger partial charge on any atom is -0.460 e. The number of anilines is 1. The van der Waals surface area contributed by atoms with Gasteiger partial charge in [-0.2, -0.15) is 5.10 Å². The van der Waals surface area contributed by atoms with E-state index in [1.165, 1.54) is 0 Å². The van der Waals surface area contributed by atoms with Gasteiger partial charge in [0.15, 0.2) is 0 Å². The molecular weight excluding hydrogens is 268 g/mol. The van der Waals surface area contributed by atoms with E-state index in [1.54, 1.807) is 29.2 Å². The first-order valence-electron chi connectivity index (χ1n) is 7.19. The molecule has 0 spiro atoms. The average Bonchev–Trinajstić information content (AvgIpc) is 3.20. The molecule has 1 aliphatic rings. The first kappa shape index (κ1) is 13.6. The molecule has 6 heteroatoms. The zero-order valence-electron chi connectivity index (χ0n) is 11.8. The van der Waals surface area contributed by atoms with Crippen LogP contribution in [0.25, 0.3) is 0 Å². The molecule has 110 valence electrons. The maximum Gasteiger partial charge on any atom is 0.341 e. The molecule has 0 saturated carbocycles. The van der Waals surface area contributed by atoms with Gasteiger partial charge < -0.3 is 9.64 Å². The zero-order valence-corrected chi connectivity index (χ0v) is 11.8. The molecule has 6 nitrogen and oxygen atoms in total. The molecule has 0 aliphatic carbocycles. The fourth-order valence-electron chi connectivity index (χ4n) is 2.48. The Labute approximate surface area is 123 Å². The Bertz CT molecular complexity index is 591. The summed E-state index contributed by atoms with van der Waals surface area (Å²) in [5.41, 5.74) is 0.542. The van der Waals surface area contributed by atoms with Crippen LogP contribution in [0.2, 0.25) is 0 Å². The van der Waals surface area contributed by atoms with Gasteiger partial charge in [0.1, 0.15) is 18.0 Å². The monoisotopic (exact) mass is 286 g/mol. The van der Waals surface area contributed by atoms with Gasteiger partial charge in [-0.1, -0.05) is 0 Å². The van der Waals surface area contributed by atoms with Gasteiger partial charge in [-0.3, -0.25) is 4.68 Å². The Morgan fingerprint density at radius 3 is 2.86 bits per heavy atom. The van der Waals surface area contributed by atoms with Crippen LogP contribution in [0, 0.1) is 0 Å². The molecule has 1 fully saturated rings. The second-order valence-corrected chi connectivity index (χ2v) is 4.97. The molecule has 3 heterocycles. The van der Waals surface area contributed by atoms with E-state index in [-0.39, 0.29) is 5.97 Å². The zero-order chi connectivity index (χ0) is 14.5. The van der Waals surface area contributed by atoms with Crippen LogP contribution in [0.15, 0.2) is 36.8 Å². The number of aromatic nitrogens is 3. The predicted octanol–water partition coefficient (Wildman–Crippen LogP) is 1.74. The van der Waals surface area contributed by atoms with Gasteiger partial charge in [-0.25, -0.2) is 9.78 Å². The minimum atomic E-state index is -0.322. The van der Waals surface area contributed by atoms with Gasteiger partial charge in [0, 0.05) is 31.7 Å². The molecule has 1 aliphatic heterocycles. The number of hydrogen-bond donors (Lipinski definition) is 0. The number of hydrogen-bond acceptors (Lipinski definition) is 5. The van der Waals surface area contributed by atoms with Crippen LogP contribution in [0.5, 0.6) is 0 Å². The normalized spacial score (nSPS) is 14.4. The standard InChI is InChI=1S/C15H18N4O2/c20-15(21-12-11-19-10-4-7-17-19)13-5-3-6-16-14(13)18-8-1-2-9-18/h3-7,10H,1-2,8-9,11-12H2. The van der Waals surface area contributed by atoms with Crippen molar-refractivity contribution in [3.63, 3.8) is 0 Å². The van der Waals surface area contributed by atoms with Gasteiger partial charge in [0.25, 0.3) is 0 Å². The summed E-state index contributed by atoms with van der Waals surface area (Å²) < 4.78 is 7.07. The van der Waals surface area contributed by atoms with E-state index >= 15 is 0 Å². The van der Waals surface area contributed by atoms with Crippen LogP contribution in [0.3, 0.4) is 0 Å². The highest BCUT2D eigenvalue weighted by Crippen LogP contribution is 2.22. The molecule has 0 atom stereocenters. The smallest absolute Gasteiger partial charge is 0.341 e. The third-order valence-corrected chi connectivity index (χ3v) is 3.52. The highest BCUT2D eigenvalue weighted by molar-refractivity contribution is 5.94. The third kappa shape index (κ3) is 3.21. The molecule has 21 heavy (non-hydrogen) atoms. The fraction of sp³-hybridized carbons (Fsp3) is 0.400. The van der Waals surface area contributed by atoms with Crippen molar-refractivity contribution < 1.29 is 9.53 Å². The molecular formula is C15H18N4O2. The van der Waals surface area contributed by atoms with E-state index in [0.717, 1.165) is 31.7 Å². The van der Waals surface area contributed by atoms with Crippen LogP contribution in [-0.4, -0.2) is 40.4 Å². The van der Waals surface area contributed by atoms with E-state index in [9.17, 15) is 4.79 Å². The molecule has 0 amide bonds. The summed E-state index contributed by atoms with van der Waals surface area (Å²) in [6, 6.07) is 5.38. The molecule has 0 radical (unpaired) electrons. The largest absolute Gasteiger partial charge is 0.460 e. The predicted molar refractivity (Wildman–Crippen MR) is 78.2 cm³/mol. The van der Waals surface area contributed by atoms with Gasteiger partial charge in [0.2, 0.25) is 0 Å². The maximum absolute atomic E-state index is 12.2. The molecule has 0 aromatic carbocycles. The number of carbonyl (C=O) groups is 1.